The lowest BCUT2D eigenvalue weighted by Crippen LogP contribution is -2.18. The molecule has 0 amide bonds. The molecule has 0 N–H and O–H groups in total. The molecule has 1 heterocycles. The standard InChI is InChI=1S/C8H3Cl4F3O2S/c9-4-1-3(8(13,14)15)5(18-4)6(16)17-2-7(10,11)12/h1H,2H2. The van der Waals surface area contributed by atoms with E-state index in [1.54, 1.807) is 0 Å². The monoisotopic (exact) mass is 360 g/mol. The third kappa shape index (κ3) is 4.66. The Morgan fingerprint density at radius 3 is 2.33 bits per heavy atom. The number of alkyl halides is 6. The summed E-state index contributed by atoms with van der Waals surface area (Å²) in [6.07, 6.45) is -4.71. The second-order valence-corrected chi connectivity index (χ2v) is 7.18. The molecule has 1 aromatic rings. The van der Waals surface area contributed by atoms with Gasteiger partial charge in [-0.15, -0.1) is 11.3 Å². The molecule has 102 valence electrons. The van der Waals surface area contributed by atoms with Crippen molar-refractivity contribution in [2.75, 3.05) is 6.61 Å². The molecule has 18 heavy (non-hydrogen) atoms. The van der Waals surface area contributed by atoms with Crippen LogP contribution >= 0.6 is 57.7 Å². The average Bonchev–Trinajstić information content (AvgIpc) is 2.55. The lowest BCUT2D eigenvalue weighted by molar-refractivity contribution is -0.137. The van der Waals surface area contributed by atoms with Crippen LogP contribution in [-0.4, -0.2) is 16.4 Å². The smallest absolute Gasteiger partial charge is 0.418 e. The van der Waals surface area contributed by atoms with Crippen LogP contribution in [0.15, 0.2) is 6.07 Å². The number of hydrogen-bond acceptors (Lipinski definition) is 3. The van der Waals surface area contributed by atoms with Gasteiger partial charge >= 0.3 is 12.1 Å². The van der Waals surface area contributed by atoms with Crippen LogP contribution in [0.4, 0.5) is 13.2 Å². The van der Waals surface area contributed by atoms with Gasteiger partial charge in [0.15, 0.2) is 0 Å². The van der Waals surface area contributed by atoms with Crippen molar-refractivity contribution < 1.29 is 22.7 Å². The Kier molecular flexibility index (Phi) is 5.06. The summed E-state index contributed by atoms with van der Waals surface area (Å²) in [7, 11) is 0. The van der Waals surface area contributed by atoms with E-state index in [9.17, 15) is 18.0 Å². The average molecular weight is 362 g/mol. The topological polar surface area (TPSA) is 26.3 Å². The number of halogens is 7. The van der Waals surface area contributed by atoms with Crippen molar-refractivity contribution in [3.63, 3.8) is 0 Å². The largest absolute Gasteiger partial charge is 0.457 e. The van der Waals surface area contributed by atoms with E-state index in [-0.39, 0.29) is 4.34 Å². The van der Waals surface area contributed by atoms with Crippen molar-refractivity contribution in [1.29, 1.82) is 0 Å². The molecule has 0 bridgehead atoms. The molecule has 0 saturated carbocycles. The van der Waals surface area contributed by atoms with E-state index >= 15 is 0 Å². The summed E-state index contributed by atoms with van der Waals surface area (Å²) in [5.41, 5.74) is -1.17. The molecule has 0 fully saturated rings. The van der Waals surface area contributed by atoms with E-state index in [0.29, 0.717) is 17.4 Å². The SMILES string of the molecule is O=C(OCC(Cl)(Cl)Cl)c1sc(Cl)cc1C(F)(F)F. The van der Waals surface area contributed by atoms with E-state index in [1.165, 1.54) is 0 Å². The fourth-order valence-corrected chi connectivity index (χ4v) is 2.24. The van der Waals surface area contributed by atoms with E-state index in [0.717, 1.165) is 0 Å². The van der Waals surface area contributed by atoms with E-state index in [4.69, 9.17) is 46.4 Å². The van der Waals surface area contributed by atoms with Gasteiger partial charge in [-0.1, -0.05) is 46.4 Å². The Bertz CT molecular complexity index is 452. The molecular weight excluding hydrogens is 359 g/mol. The zero-order valence-corrected chi connectivity index (χ0v) is 12.0. The first-order valence-corrected chi connectivity index (χ1v) is 6.44. The summed E-state index contributed by atoms with van der Waals surface area (Å²) in [5.74, 6) is -1.24. The second-order valence-electron chi connectivity index (χ2n) is 2.98. The quantitative estimate of drug-likeness (QED) is 0.550. The number of ether oxygens (including phenoxy) is 1. The molecule has 0 atom stereocenters. The first-order chi connectivity index (χ1) is 8.00. The number of thiophene rings is 1. The minimum Gasteiger partial charge on any atom is -0.457 e. The Hall–Kier alpha value is 0.120. The van der Waals surface area contributed by atoms with Crippen molar-refractivity contribution in [3.05, 3.63) is 20.8 Å². The Balaban J connectivity index is 2.93. The first-order valence-electron chi connectivity index (χ1n) is 4.11. The maximum absolute atomic E-state index is 12.6. The van der Waals surface area contributed by atoms with Gasteiger partial charge in [0.05, 0.1) is 9.90 Å². The number of rotatable bonds is 2. The van der Waals surface area contributed by atoms with Crippen molar-refractivity contribution in [3.8, 4) is 0 Å². The van der Waals surface area contributed by atoms with Crippen LogP contribution in [0, 0.1) is 0 Å². The summed E-state index contributed by atoms with van der Waals surface area (Å²) in [5, 5.41) is 0. The summed E-state index contributed by atoms with van der Waals surface area (Å²) in [6.45, 7) is -0.663. The third-order valence-corrected chi connectivity index (χ3v) is 3.13. The molecule has 2 nitrogen and oxygen atoms in total. The molecule has 0 aliphatic rings. The van der Waals surface area contributed by atoms with E-state index < -0.39 is 33.0 Å². The van der Waals surface area contributed by atoms with Crippen LogP contribution in [0.3, 0.4) is 0 Å². The molecule has 1 rings (SSSR count). The van der Waals surface area contributed by atoms with Crippen LogP contribution in [0.2, 0.25) is 4.34 Å². The molecule has 1 aromatic heterocycles. The highest BCUT2D eigenvalue weighted by Gasteiger charge is 2.38. The van der Waals surface area contributed by atoms with Crippen LogP contribution in [-0.2, 0) is 10.9 Å². The summed E-state index contributed by atoms with van der Waals surface area (Å²) in [4.78, 5) is 10.7. The van der Waals surface area contributed by atoms with Gasteiger partial charge in [-0.2, -0.15) is 13.2 Å². The lowest BCUT2D eigenvalue weighted by atomic mass is 10.2. The molecule has 0 unspecified atom stereocenters. The van der Waals surface area contributed by atoms with Gasteiger partial charge in [0.25, 0.3) is 0 Å². The predicted molar refractivity (Wildman–Crippen MR) is 64.9 cm³/mol. The molecule has 0 aliphatic heterocycles. The first kappa shape index (κ1) is 16.2. The molecule has 0 saturated heterocycles. The minimum absolute atomic E-state index is 0.192. The summed E-state index contributed by atoms with van der Waals surface area (Å²) < 4.78 is 40.0. The number of esters is 1. The van der Waals surface area contributed by atoms with Gasteiger partial charge in [0.1, 0.15) is 11.5 Å². The zero-order valence-electron chi connectivity index (χ0n) is 8.15. The Morgan fingerprint density at radius 1 is 1.33 bits per heavy atom. The molecule has 0 aliphatic carbocycles. The molecule has 0 radical (unpaired) electrons. The maximum Gasteiger partial charge on any atom is 0.418 e. The van der Waals surface area contributed by atoms with Crippen LogP contribution in [0.1, 0.15) is 15.2 Å². The molecule has 0 spiro atoms. The van der Waals surface area contributed by atoms with E-state index in [1.807, 2.05) is 0 Å². The Labute approximate surface area is 124 Å². The Morgan fingerprint density at radius 2 is 1.89 bits per heavy atom. The highest BCUT2D eigenvalue weighted by atomic mass is 35.6. The van der Waals surface area contributed by atoms with Gasteiger partial charge in [-0.05, 0) is 6.07 Å². The van der Waals surface area contributed by atoms with Gasteiger partial charge in [-0.25, -0.2) is 4.79 Å². The van der Waals surface area contributed by atoms with Gasteiger partial charge in [0, 0.05) is 0 Å². The summed E-state index contributed by atoms with van der Waals surface area (Å²) in [6, 6.07) is 0.637. The fourth-order valence-electron chi connectivity index (χ4n) is 0.936. The van der Waals surface area contributed by atoms with Crippen molar-refractivity contribution >= 4 is 63.7 Å². The minimum atomic E-state index is -4.71. The number of hydrogen-bond donors (Lipinski definition) is 0. The molecule has 10 heteroatoms. The van der Waals surface area contributed by atoms with Crippen molar-refractivity contribution in [1.82, 2.24) is 0 Å². The van der Waals surface area contributed by atoms with Crippen molar-refractivity contribution in [2.45, 2.75) is 9.97 Å². The van der Waals surface area contributed by atoms with Crippen molar-refractivity contribution in [2.24, 2.45) is 0 Å². The van der Waals surface area contributed by atoms with Crippen LogP contribution in [0.5, 0.6) is 0 Å². The maximum atomic E-state index is 12.6. The lowest BCUT2D eigenvalue weighted by Gasteiger charge is -2.12. The third-order valence-electron chi connectivity index (χ3n) is 1.56. The fraction of sp³-hybridized carbons (Fsp3) is 0.375. The normalized spacial score (nSPS) is 12.6. The van der Waals surface area contributed by atoms with Crippen LogP contribution in [0.25, 0.3) is 0 Å². The van der Waals surface area contributed by atoms with E-state index in [2.05, 4.69) is 4.74 Å². The molecular formula is C8H3Cl4F3O2S. The highest BCUT2D eigenvalue weighted by Crippen LogP contribution is 2.39. The highest BCUT2D eigenvalue weighted by molar-refractivity contribution is 7.18. The number of carbonyl (C=O) groups excluding carboxylic acids is 1. The predicted octanol–water partition coefficient (Wildman–Crippen LogP) is 4.95. The number of carbonyl (C=O) groups is 1. The zero-order chi connectivity index (χ0) is 14.1. The summed E-state index contributed by atoms with van der Waals surface area (Å²) >= 11 is 21.8. The van der Waals surface area contributed by atoms with Gasteiger partial charge in [-0.3, -0.25) is 0 Å². The van der Waals surface area contributed by atoms with Gasteiger partial charge in [0.2, 0.25) is 3.79 Å². The second kappa shape index (κ2) is 5.63. The van der Waals surface area contributed by atoms with Crippen LogP contribution < -0.4 is 0 Å². The molecule has 0 aromatic carbocycles. The van der Waals surface area contributed by atoms with Gasteiger partial charge < -0.3 is 4.74 Å².